The first-order valence-corrected chi connectivity index (χ1v) is 11.2. The summed E-state index contributed by atoms with van der Waals surface area (Å²) in [7, 11) is 1.62. The molecule has 7 heteroatoms. The first-order chi connectivity index (χ1) is 16.6. The molecule has 1 amide bonds. The molecule has 1 saturated carbocycles. The molecule has 7 nitrogen and oxygen atoms in total. The number of rotatable bonds is 8. The summed E-state index contributed by atoms with van der Waals surface area (Å²) in [5, 5.41) is 0.660. The lowest BCUT2D eigenvalue weighted by Gasteiger charge is -2.22. The predicted octanol–water partition coefficient (Wildman–Crippen LogP) is 4.85. The van der Waals surface area contributed by atoms with Crippen molar-refractivity contribution < 1.29 is 23.5 Å². The van der Waals surface area contributed by atoms with Gasteiger partial charge in [0.05, 0.1) is 24.5 Å². The average Bonchev–Trinajstić information content (AvgIpc) is 3.57. The first-order valence-electron chi connectivity index (χ1n) is 11.2. The van der Waals surface area contributed by atoms with E-state index in [9.17, 15) is 9.59 Å². The van der Waals surface area contributed by atoms with Crippen LogP contribution in [-0.2, 0) is 16.1 Å². The lowest BCUT2D eigenvalue weighted by atomic mass is 10.1. The van der Waals surface area contributed by atoms with Crippen molar-refractivity contribution in [1.29, 1.82) is 0 Å². The fourth-order valence-corrected chi connectivity index (χ4v) is 3.92. The number of para-hydroxylation sites is 1. The Morgan fingerprint density at radius 2 is 1.85 bits per heavy atom. The Bertz CT molecular complexity index is 1310. The third-order valence-corrected chi connectivity index (χ3v) is 5.86. The summed E-state index contributed by atoms with van der Waals surface area (Å²) >= 11 is 0. The molecule has 0 radical (unpaired) electrons. The molecule has 5 rings (SSSR count). The van der Waals surface area contributed by atoms with Gasteiger partial charge in [0.25, 0.3) is 5.91 Å². The Morgan fingerprint density at radius 3 is 2.56 bits per heavy atom. The fraction of sp³-hybridized carbons (Fsp3) is 0.222. The minimum absolute atomic E-state index is 0.181. The van der Waals surface area contributed by atoms with Crippen LogP contribution in [0.2, 0.25) is 0 Å². The van der Waals surface area contributed by atoms with E-state index < -0.39 is 5.97 Å². The van der Waals surface area contributed by atoms with Crippen molar-refractivity contribution in [2.45, 2.75) is 25.4 Å². The molecule has 1 aliphatic rings. The molecule has 0 atom stereocenters. The maximum atomic E-state index is 13.1. The molecule has 0 N–H and O–H groups in total. The van der Waals surface area contributed by atoms with Crippen molar-refractivity contribution in [1.82, 2.24) is 9.88 Å². The molecule has 0 spiro atoms. The number of methoxy groups -OCH3 is 1. The van der Waals surface area contributed by atoms with Gasteiger partial charge in [-0.3, -0.25) is 4.79 Å². The van der Waals surface area contributed by atoms with Crippen LogP contribution in [0, 0.1) is 0 Å². The van der Waals surface area contributed by atoms with Gasteiger partial charge in [-0.25, -0.2) is 9.78 Å². The number of fused-ring (bicyclic) bond motifs is 1. The molecule has 2 aromatic heterocycles. The molecular weight excluding hydrogens is 432 g/mol. The number of hydrogen-bond acceptors (Lipinski definition) is 6. The van der Waals surface area contributed by atoms with E-state index in [-0.39, 0.29) is 18.6 Å². The van der Waals surface area contributed by atoms with Crippen molar-refractivity contribution >= 4 is 22.8 Å². The van der Waals surface area contributed by atoms with E-state index in [0.29, 0.717) is 34.5 Å². The number of hydrogen-bond donors (Lipinski definition) is 0. The number of benzene rings is 2. The predicted molar refractivity (Wildman–Crippen MR) is 126 cm³/mol. The summed E-state index contributed by atoms with van der Waals surface area (Å²) in [6.07, 6.45) is 3.47. The average molecular weight is 456 g/mol. The Kier molecular flexibility index (Phi) is 5.99. The topological polar surface area (TPSA) is 81.9 Å². The normalized spacial score (nSPS) is 13.0. The molecule has 0 aliphatic heterocycles. The number of furan rings is 1. The molecule has 0 unspecified atom stereocenters. The van der Waals surface area contributed by atoms with E-state index in [4.69, 9.17) is 13.9 Å². The maximum absolute atomic E-state index is 13.1. The molecule has 1 aliphatic carbocycles. The second-order valence-electron chi connectivity index (χ2n) is 8.23. The lowest BCUT2D eigenvalue weighted by Crippen LogP contribution is -2.36. The molecule has 2 aromatic carbocycles. The van der Waals surface area contributed by atoms with Gasteiger partial charge < -0.3 is 18.8 Å². The first kappa shape index (κ1) is 21.7. The van der Waals surface area contributed by atoms with Gasteiger partial charge in [-0.05, 0) is 54.8 Å². The zero-order valence-electron chi connectivity index (χ0n) is 18.8. The van der Waals surface area contributed by atoms with Gasteiger partial charge in [-0.15, -0.1) is 0 Å². The molecule has 0 bridgehead atoms. The van der Waals surface area contributed by atoms with Crippen LogP contribution in [0.25, 0.3) is 22.4 Å². The third-order valence-electron chi connectivity index (χ3n) is 5.86. The summed E-state index contributed by atoms with van der Waals surface area (Å²) in [5.41, 5.74) is 2.52. The summed E-state index contributed by atoms with van der Waals surface area (Å²) in [4.78, 5) is 32.4. The van der Waals surface area contributed by atoms with Gasteiger partial charge in [0.2, 0.25) is 0 Å². The Morgan fingerprint density at radius 1 is 1.06 bits per heavy atom. The van der Waals surface area contributed by atoms with Crippen molar-refractivity contribution in [2.24, 2.45) is 0 Å². The van der Waals surface area contributed by atoms with Crippen LogP contribution in [-0.4, -0.2) is 41.5 Å². The molecule has 172 valence electrons. The molecule has 34 heavy (non-hydrogen) atoms. The summed E-state index contributed by atoms with van der Waals surface area (Å²) in [6, 6.07) is 20.3. The summed E-state index contributed by atoms with van der Waals surface area (Å²) < 4.78 is 16.2. The van der Waals surface area contributed by atoms with E-state index in [1.165, 1.54) is 0 Å². The van der Waals surface area contributed by atoms with Gasteiger partial charge >= 0.3 is 5.97 Å². The van der Waals surface area contributed by atoms with E-state index in [1.54, 1.807) is 36.5 Å². The molecule has 4 aromatic rings. The maximum Gasteiger partial charge on any atom is 0.339 e. The van der Waals surface area contributed by atoms with Crippen LogP contribution < -0.4 is 4.74 Å². The smallest absolute Gasteiger partial charge is 0.339 e. The molecular formula is C27H24N2O5. The fourth-order valence-electron chi connectivity index (χ4n) is 3.92. The minimum atomic E-state index is -0.569. The highest BCUT2D eigenvalue weighted by Crippen LogP contribution is 2.29. The van der Waals surface area contributed by atoms with E-state index >= 15 is 0 Å². The zero-order valence-corrected chi connectivity index (χ0v) is 18.8. The van der Waals surface area contributed by atoms with E-state index in [1.807, 2.05) is 48.5 Å². The van der Waals surface area contributed by atoms with Crippen LogP contribution >= 0.6 is 0 Å². The van der Waals surface area contributed by atoms with Gasteiger partial charge in [0, 0.05) is 18.0 Å². The third kappa shape index (κ3) is 4.64. The summed E-state index contributed by atoms with van der Waals surface area (Å²) in [6.45, 7) is 0.143. The molecule has 2 heterocycles. The minimum Gasteiger partial charge on any atom is -0.497 e. The van der Waals surface area contributed by atoms with Crippen LogP contribution in [0.1, 0.15) is 28.8 Å². The van der Waals surface area contributed by atoms with Crippen molar-refractivity contribution in [3.63, 3.8) is 0 Å². The highest BCUT2D eigenvalue weighted by Gasteiger charge is 2.33. The lowest BCUT2D eigenvalue weighted by molar-refractivity contribution is -0.135. The van der Waals surface area contributed by atoms with Gasteiger partial charge in [0.1, 0.15) is 11.4 Å². The SMILES string of the molecule is COc1ccc(CN(C(=O)COC(=O)c2cc(-c3ccco3)nc3ccccc23)C2CC2)cc1. The summed E-state index contributed by atoms with van der Waals surface area (Å²) in [5.74, 6) is 0.534. The van der Waals surface area contributed by atoms with E-state index in [2.05, 4.69) is 4.98 Å². The number of carbonyl (C=O) groups excluding carboxylic acids is 2. The van der Waals surface area contributed by atoms with Crippen LogP contribution in [0.15, 0.2) is 77.4 Å². The Labute approximate surface area is 196 Å². The van der Waals surface area contributed by atoms with Gasteiger partial charge in [-0.2, -0.15) is 0 Å². The van der Waals surface area contributed by atoms with Gasteiger partial charge in [0.15, 0.2) is 12.4 Å². The number of aromatic nitrogens is 1. The molecule has 1 fully saturated rings. The standard InChI is InChI=1S/C27H24N2O5/c1-32-20-12-8-18(9-13-20)16-29(19-10-11-19)26(30)17-34-27(31)22-15-24(25-7-4-14-33-25)28-23-6-3-2-5-21(22)23/h2-9,12-15,19H,10-11,16-17H2,1H3. The van der Waals surface area contributed by atoms with Crippen molar-refractivity contribution in [3.8, 4) is 17.2 Å². The van der Waals surface area contributed by atoms with E-state index in [0.717, 1.165) is 24.2 Å². The van der Waals surface area contributed by atoms with Gasteiger partial charge in [-0.1, -0.05) is 30.3 Å². The number of esters is 1. The quantitative estimate of drug-likeness (QED) is 0.353. The highest BCUT2D eigenvalue weighted by atomic mass is 16.5. The number of carbonyl (C=O) groups is 2. The second kappa shape index (κ2) is 9.39. The van der Waals surface area contributed by atoms with Crippen molar-refractivity contribution in [3.05, 3.63) is 84.1 Å². The monoisotopic (exact) mass is 456 g/mol. The second-order valence-corrected chi connectivity index (χ2v) is 8.23. The van der Waals surface area contributed by atoms with Crippen LogP contribution in [0.5, 0.6) is 5.75 Å². The highest BCUT2D eigenvalue weighted by molar-refractivity contribution is 6.05. The number of ether oxygens (including phenoxy) is 2. The van der Waals surface area contributed by atoms with Crippen LogP contribution in [0.3, 0.4) is 0 Å². The number of nitrogens with zero attached hydrogens (tertiary/aromatic N) is 2. The number of amides is 1. The molecule has 0 saturated heterocycles. The van der Waals surface area contributed by atoms with Crippen molar-refractivity contribution in [2.75, 3.05) is 13.7 Å². The Hall–Kier alpha value is -4.13. The zero-order chi connectivity index (χ0) is 23.5. The van der Waals surface area contributed by atoms with Crippen LogP contribution in [0.4, 0.5) is 0 Å². The largest absolute Gasteiger partial charge is 0.497 e. The Balaban J connectivity index is 1.32. The number of pyridine rings is 1.